The molecule has 2 aliphatic rings. The Morgan fingerprint density at radius 3 is 2.68 bits per heavy atom. The largest absolute Gasteiger partial charge is 0.469 e. The van der Waals surface area contributed by atoms with Crippen molar-refractivity contribution in [2.75, 3.05) is 7.11 Å². The molecule has 5 atom stereocenters. The minimum atomic E-state index is -0.795. The molecule has 2 aliphatic carbocycles. The molecule has 0 amide bonds. The van der Waals surface area contributed by atoms with Crippen molar-refractivity contribution in [3.8, 4) is 0 Å². The van der Waals surface area contributed by atoms with Gasteiger partial charge in [0.2, 0.25) is 0 Å². The minimum absolute atomic E-state index is 0.121. The number of esters is 1. The zero-order valence-corrected chi connectivity index (χ0v) is 17.8. The molecule has 2 fully saturated rings. The standard InChI is InChI=1S/C23H38O5/c1-4-5-12-22(2,27)13-6-14-23(19(24)8-9-20(23)25)15-11-18-16-17(18)7-10-21(26)28-3/h6,14,17-19,24,27H,4-5,7-13,15-16H2,1-3H3/b14-6+/t17?,18-,19?,22?,23+/m0/s1. The molecular formula is C23H38O5. The summed E-state index contributed by atoms with van der Waals surface area (Å²) in [6, 6.07) is 0. The summed E-state index contributed by atoms with van der Waals surface area (Å²) in [5.41, 5.74) is -1.56. The number of unbranched alkanes of at least 4 members (excludes halogenated alkanes) is 1. The molecule has 0 saturated heterocycles. The van der Waals surface area contributed by atoms with Gasteiger partial charge in [-0.05, 0) is 63.7 Å². The number of carbonyl (C=O) groups excluding carboxylic acids is 2. The number of aliphatic hydroxyl groups is 2. The van der Waals surface area contributed by atoms with Crippen molar-refractivity contribution in [3.63, 3.8) is 0 Å². The third kappa shape index (κ3) is 6.15. The number of Topliss-reactive ketones (excluding diaryl/α,β-unsaturated/α-hetero) is 1. The fraction of sp³-hybridized carbons (Fsp3) is 0.826. The van der Waals surface area contributed by atoms with Gasteiger partial charge >= 0.3 is 5.97 Å². The molecule has 5 nitrogen and oxygen atoms in total. The van der Waals surface area contributed by atoms with Crippen molar-refractivity contribution >= 4 is 11.8 Å². The van der Waals surface area contributed by atoms with Gasteiger partial charge in [0.05, 0.1) is 24.2 Å². The van der Waals surface area contributed by atoms with Crippen molar-refractivity contribution in [2.24, 2.45) is 17.3 Å². The predicted molar refractivity (Wildman–Crippen MR) is 109 cm³/mol. The summed E-state index contributed by atoms with van der Waals surface area (Å²) in [6.45, 7) is 3.94. The maximum absolute atomic E-state index is 12.7. The molecule has 2 saturated carbocycles. The molecule has 0 radical (unpaired) electrons. The predicted octanol–water partition coefficient (Wildman–Crippen LogP) is 3.95. The van der Waals surface area contributed by atoms with E-state index in [1.807, 2.05) is 19.1 Å². The molecule has 0 spiro atoms. The van der Waals surface area contributed by atoms with Crippen LogP contribution in [0.1, 0.15) is 84.5 Å². The first-order chi connectivity index (χ1) is 13.2. The van der Waals surface area contributed by atoms with Crippen LogP contribution in [-0.4, -0.2) is 40.8 Å². The second-order valence-electron chi connectivity index (χ2n) is 9.13. The van der Waals surface area contributed by atoms with Crippen LogP contribution in [0.2, 0.25) is 0 Å². The normalized spacial score (nSPS) is 31.9. The summed E-state index contributed by atoms with van der Waals surface area (Å²) in [7, 11) is 1.41. The van der Waals surface area contributed by atoms with Crippen molar-refractivity contribution in [1.29, 1.82) is 0 Å². The van der Waals surface area contributed by atoms with E-state index in [1.54, 1.807) is 0 Å². The second-order valence-corrected chi connectivity index (χ2v) is 9.13. The zero-order chi connectivity index (χ0) is 20.8. The number of aliphatic hydroxyl groups excluding tert-OH is 1. The van der Waals surface area contributed by atoms with Crippen LogP contribution in [0, 0.1) is 17.3 Å². The van der Waals surface area contributed by atoms with E-state index in [0.29, 0.717) is 43.9 Å². The van der Waals surface area contributed by atoms with Crippen LogP contribution >= 0.6 is 0 Å². The van der Waals surface area contributed by atoms with E-state index in [4.69, 9.17) is 4.74 Å². The van der Waals surface area contributed by atoms with E-state index in [9.17, 15) is 19.8 Å². The van der Waals surface area contributed by atoms with E-state index in [-0.39, 0.29) is 11.8 Å². The fourth-order valence-electron chi connectivity index (χ4n) is 4.57. The lowest BCUT2D eigenvalue weighted by molar-refractivity contribution is -0.140. The number of methoxy groups -OCH3 is 1. The van der Waals surface area contributed by atoms with Crippen molar-refractivity contribution in [1.82, 2.24) is 0 Å². The van der Waals surface area contributed by atoms with E-state index in [0.717, 1.165) is 38.5 Å². The molecule has 0 aromatic rings. The van der Waals surface area contributed by atoms with Gasteiger partial charge in [0.1, 0.15) is 5.78 Å². The Morgan fingerprint density at radius 1 is 1.36 bits per heavy atom. The summed E-state index contributed by atoms with van der Waals surface area (Å²) in [4.78, 5) is 24.0. The number of hydrogen-bond donors (Lipinski definition) is 2. The Balaban J connectivity index is 1.91. The number of ketones is 1. The summed E-state index contributed by atoms with van der Waals surface area (Å²) in [5, 5.41) is 21.1. The van der Waals surface area contributed by atoms with Gasteiger partial charge in [-0.15, -0.1) is 0 Å². The van der Waals surface area contributed by atoms with Gasteiger partial charge in [-0.25, -0.2) is 0 Å². The summed E-state index contributed by atoms with van der Waals surface area (Å²) >= 11 is 0. The van der Waals surface area contributed by atoms with E-state index in [1.165, 1.54) is 7.11 Å². The SMILES string of the molecule is CCCCC(C)(O)C/C=C/[C@]1(CC[C@H]2CC2CCC(=O)OC)C(=O)CCC1O. The van der Waals surface area contributed by atoms with Crippen LogP contribution in [-0.2, 0) is 14.3 Å². The van der Waals surface area contributed by atoms with Gasteiger partial charge in [0, 0.05) is 12.8 Å². The Hall–Kier alpha value is -1.20. The Bertz CT molecular complexity index is 567. The minimum Gasteiger partial charge on any atom is -0.469 e. The quantitative estimate of drug-likeness (QED) is 0.387. The van der Waals surface area contributed by atoms with Gasteiger partial charge in [0.25, 0.3) is 0 Å². The second kappa shape index (κ2) is 10.0. The summed E-state index contributed by atoms with van der Waals surface area (Å²) in [6.07, 6.45) is 11.3. The van der Waals surface area contributed by atoms with Crippen LogP contribution in [0.25, 0.3) is 0 Å². The van der Waals surface area contributed by atoms with Crippen LogP contribution < -0.4 is 0 Å². The third-order valence-electron chi connectivity index (χ3n) is 6.75. The molecule has 0 aromatic carbocycles. The molecular weight excluding hydrogens is 356 g/mol. The van der Waals surface area contributed by atoms with E-state index < -0.39 is 17.1 Å². The van der Waals surface area contributed by atoms with Gasteiger partial charge in [-0.3, -0.25) is 9.59 Å². The van der Waals surface area contributed by atoms with Crippen molar-refractivity contribution in [2.45, 2.75) is 96.2 Å². The van der Waals surface area contributed by atoms with Gasteiger partial charge in [-0.1, -0.05) is 31.9 Å². The highest BCUT2D eigenvalue weighted by molar-refractivity contribution is 5.89. The molecule has 3 unspecified atom stereocenters. The Kier molecular flexibility index (Phi) is 8.26. The van der Waals surface area contributed by atoms with Gasteiger partial charge in [0.15, 0.2) is 0 Å². The molecule has 0 aliphatic heterocycles. The number of rotatable bonds is 12. The van der Waals surface area contributed by atoms with Crippen LogP contribution in [0.5, 0.6) is 0 Å². The first-order valence-corrected chi connectivity index (χ1v) is 10.9. The third-order valence-corrected chi connectivity index (χ3v) is 6.75. The molecule has 160 valence electrons. The zero-order valence-electron chi connectivity index (χ0n) is 17.8. The summed E-state index contributed by atoms with van der Waals surface area (Å²) in [5.74, 6) is 1.02. The topological polar surface area (TPSA) is 83.8 Å². The number of ether oxygens (including phenoxy) is 1. The van der Waals surface area contributed by atoms with E-state index >= 15 is 0 Å². The first kappa shape index (κ1) is 23.1. The molecule has 28 heavy (non-hydrogen) atoms. The summed E-state index contributed by atoms with van der Waals surface area (Å²) < 4.78 is 4.70. The molecule has 0 aromatic heterocycles. The first-order valence-electron chi connectivity index (χ1n) is 10.9. The van der Waals surface area contributed by atoms with Gasteiger partial charge < -0.3 is 14.9 Å². The maximum Gasteiger partial charge on any atom is 0.305 e. The lowest BCUT2D eigenvalue weighted by atomic mass is 9.77. The van der Waals surface area contributed by atoms with Crippen LogP contribution in [0.3, 0.4) is 0 Å². The van der Waals surface area contributed by atoms with Crippen LogP contribution in [0.15, 0.2) is 12.2 Å². The average molecular weight is 395 g/mol. The highest BCUT2D eigenvalue weighted by Gasteiger charge is 2.48. The number of hydrogen-bond acceptors (Lipinski definition) is 5. The molecule has 0 bridgehead atoms. The maximum atomic E-state index is 12.7. The van der Waals surface area contributed by atoms with Crippen molar-refractivity contribution < 1.29 is 24.5 Å². The fourth-order valence-corrected chi connectivity index (χ4v) is 4.57. The smallest absolute Gasteiger partial charge is 0.305 e. The van der Waals surface area contributed by atoms with Gasteiger partial charge in [-0.2, -0.15) is 0 Å². The highest BCUT2D eigenvalue weighted by atomic mass is 16.5. The monoisotopic (exact) mass is 394 g/mol. The lowest BCUT2D eigenvalue weighted by Crippen LogP contribution is -2.34. The molecule has 0 heterocycles. The highest BCUT2D eigenvalue weighted by Crippen LogP contribution is 2.49. The molecule has 5 heteroatoms. The molecule has 2 rings (SSSR count). The number of carbonyl (C=O) groups is 2. The molecule has 2 N–H and O–H groups in total. The van der Waals surface area contributed by atoms with Crippen molar-refractivity contribution in [3.05, 3.63) is 12.2 Å². The van der Waals surface area contributed by atoms with Crippen LogP contribution in [0.4, 0.5) is 0 Å². The van der Waals surface area contributed by atoms with E-state index in [2.05, 4.69) is 6.92 Å². The Morgan fingerprint density at radius 2 is 2.07 bits per heavy atom. The lowest BCUT2D eigenvalue weighted by Gasteiger charge is -2.29. The average Bonchev–Trinajstić information content (AvgIpc) is 3.37. The Labute approximate surface area is 169 Å².